The second kappa shape index (κ2) is 8.86. The van der Waals surface area contributed by atoms with Crippen molar-refractivity contribution in [1.29, 1.82) is 0 Å². The van der Waals surface area contributed by atoms with Gasteiger partial charge in [0.2, 0.25) is 0 Å². The molecule has 0 radical (unpaired) electrons. The monoisotopic (exact) mass is 364 g/mol. The van der Waals surface area contributed by atoms with Gasteiger partial charge in [-0.05, 0) is 25.0 Å². The zero-order valence-corrected chi connectivity index (χ0v) is 16.1. The Kier molecular flexibility index (Phi) is 6.29. The highest BCUT2D eigenvalue weighted by molar-refractivity contribution is 7.99. The molecule has 0 saturated heterocycles. The molecule has 0 fully saturated rings. The first-order chi connectivity index (χ1) is 12.7. The lowest BCUT2D eigenvalue weighted by molar-refractivity contribution is -0.116. The molecular formula is C22H24N2OS. The van der Waals surface area contributed by atoms with Crippen molar-refractivity contribution in [3.63, 3.8) is 0 Å². The summed E-state index contributed by atoms with van der Waals surface area (Å²) >= 11 is 1.58. The van der Waals surface area contributed by atoms with Gasteiger partial charge in [-0.3, -0.25) is 4.79 Å². The van der Waals surface area contributed by atoms with E-state index in [-0.39, 0.29) is 5.78 Å². The summed E-state index contributed by atoms with van der Waals surface area (Å²) in [5, 5.41) is 1.07. The molecule has 1 aromatic heterocycles. The van der Waals surface area contributed by atoms with Crippen LogP contribution in [0.25, 0.3) is 0 Å². The van der Waals surface area contributed by atoms with Gasteiger partial charge in [0.05, 0.1) is 17.0 Å². The molecule has 26 heavy (non-hydrogen) atoms. The molecule has 0 atom stereocenters. The van der Waals surface area contributed by atoms with Crippen LogP contribution in [0.3, 0.4) is 0 Å². The Hall–Kier alpha value is -2.33. The van der Waals surface area contributed by atoms with Crippen LogP contribution in [0.4, 0.5) is 0 Å². The molecule has 0 aliphatic heterocycles. The van der Waals surface area contributed by atoms with Gasteiger partial charge in [0.25, 0.3) is 0 Å². The van der Waals surface area contributed by atoms with Gasteiger partial charge in [0.1, 0.15) is 11.6 Å². The summed E-state index contributed by atoms with van der Waals surface area (Å²) in [6.45, 7) is 5.03. The number of nitrogens with zero attached hydrogens (tertiary/aromatic N) is 2. The SMILES string of the molecule is CCn1c(SCC(=O)Cc2ccc(C)cc2)cnc1Cc1ccccc1. The molecule has 134 valence electrons. The summed E-state index contributed by atoms with van der Waals surface area (Å²) in [5.74, 6) is 1.77. The van der Waals surface area contributed by atoms with Crippen molar-refractivity contribution in [2.45, 2.75) is 38.3 Å². The van der Waals surface area contributed by atoms with Crippen LogP contribution >= 0.6 is 11.8 Å². The first kappa shape index (κ1) is 18.5. The quantitative estimate of drug-likeness (QED) is 0.543. The molecule has 3 rings (SSSR count). The third-order valence-electron chi connectivity index (χ3n) is 4.33. The Morgan fingerprint density at radius 2 is 1.77 bits per heavy atom. The van der Waals surface area contributed by atoms with Crippen LogP contribution in [0.2, 0.25) is 0 Å². The average Bonchev–Trinajstić information content (AvgIpc) is 3.04. The van der Waals surface area contributed by atoms with E-state index in [0.29, 0.717) is 12.2 Å². The van der Waals surface area contributed by atoms with Crippen molar-refractivity contribution >= 4 is 17.5 Å². The molecule has 1 heterocycles. The van der Waals surface area contributed by atoms with E-state index >= 15 is 0 Å². The average molecular weight is 365 g/mol. The first-order valence-electron chi connectivity index (χ1n) is 8.94. The van der Waals surface area contributed by atoms with Gasteiger partial charge >= 0.3 is 0 Å². The number of Topliss-reactive ketones (excluding diaryl/α,β-unsaturated/α-hetero) is 1. The van der Waals surface area contributed by atoms with Crippen LogP contribution in [0.5, 0.6) is 0 Å². The van der Waals surface area contributed by atoms with Gasteiger partial charge in [-0.25, -0.2) is 4.98 Å². The second-order valence-corrected chi connectivity index (χ2v) is 7.40. The maximum atomic E-state index is 12.3. The summed E-state index contributed by atoms with van der Waals surface area (Å²) in [7, 11) is 0. The predicted octanol–water partition coefficient (Wildman–Crippen LogP) is 4.71. The fraction of sp³-hybridized carbons (Fsp3) is 0.273. The maximum Gasteiger partial charge on any atom is 0.147 e. The third-order valence-corrected chi connectivity index (χ3v) is 5.41. The summed E-state index contributed by atoms with van der Waals surface area (Å²) in [6.07, 6.45) is 3.20. The van der Waals surface area contributed by atoms with Gasteiger partial charge < -0.3 is 4.57 Å². The molecule has 0 amide bonds. The van der Waals surface area contributed by atoms with Gasteiger partial charge in [-0.1, -0.05) is 71.9 Å². The molecular weight excluding hydrogens is 340 g/mol. The van der Waals surface area contributed by atoms with E-state index in [1.54, 1.807) is 11.8 Å². The first-order valence-corrected chi connectivity index (χ1v) is 9.92. The van der Waals surface area contributed by atoms with Crippen LogP contribution in [0, 0.1) is 6.92 Å². The zero-order chi connectivity index (χ0) is 18.4. The Bertz CT molecular complexity index is 854. The zero-order valence-electron chi connectivity index (χ0n) is 15.3. The number of carbonyl (C=O) groups is 1. The Labute approximate surface area is 159 Å². The number of rotatable bonds is 8. The molecule has 0 N–H and O–H groups in total. The Balaban J connectivity index is 1.61. The van der Waals surface area contributed by atoms with Crippen LogP contribution in [-0.2, 0) is 24.2 Å². The largest absolute Gasteiger partial charge is 0.323 e. The second-order valence-electron chi connectivity index (χ2n) is 6.41. The molecule has 0 bridgehead atoms. The van der Waals surface area contributed by atoms with E-state index in [1.807, 2.05) is 36.5 Å². The number of ketones is 1. The smallest absolute Gasteiger partial charge is 0.147 e. The van der Waals surface area contributed by atoms with Crippen LogP contribution < -0.4 is 0 Å². The van der Waals surface area contributed by atoms with Gasteiger partial charge in [-0.2, -0.15) is 0 Å². The fourth-order valence-electron chi connectivity index (χ4n) is 2.91. The molecule has 0 aliphatic rings. The topological polar surface area (TPSA) is 34.9 Å². The van der Waals surface area contributed by atoms with Gasteiger partial charge in [-0.15, -0.1) is 0 Å². The van der Waals surface area contributed by atoms with E-state index < -0.39 is 0 Å². The van der Waals surface area contributed by atoms with E-state index in [9.17, 15) is 4.79 Å². The predicted molar refractivity (Wildman–Crippen MR) is 108 cm³/mol. The van der Waals surface area contributed by atoms with Crippen molar-refractivity contribution < 1.29 is 4.79 Å². The fourth-order valence-corrected chi connectivity index (χ4v) is 3.84. The van der Waals surface area contributed by atoms with E-state index in [4.69, 9.17) is 0 Å². The van der Waals surface area contributed by atoms with Crippen molar-refractivity contribution in [2.24, 2.45) is 0 Å². The third kappa shape index (κ3) is 4.85. The number of benzene rings is 2. The van der Waals surface area contributed by atoms with E-state index in [0.717, 1.165) is 29.4 Å². The molecule has 0 aliphatic carbocycles. The lowest BCUT2D eigenvalue weighted by atomic mass is 10.1. The number of hydrogen-bond acceptors (Lipinski definition) is 3. The summed E-state index contributed by atoms with van der Waals surface area (Å²) in [4.78, 5) is 16.9. The van der Waals surface area contributed by atoms with Crippen LogP contribution in [0.15, 0.2) is 65.8 Å². The number of imidazole rings is 1. The Morgan fingerprint density at radius 1 is 1.04 bits per heavy atom. The summed E-state index contributed by atoms with van der Waals surface area (Å²) in [6, 6.07) is 18.5. The molecule has 2 aromatic carbocycles. The van der Waals surface area contributed by atoms with Crippen LogP contribution in [-0.4, -0.2) is 21.1 Å². The molecule has 0 unspecified atom stereocenters. The highest BCUT2D eigenvalue weighted by atomic mass is 32.2. The molecule has 0 spiro atoms. The van der Waals surface area contributed by atoms with Crippen LogP contribution in [0.1, 0.15) is 29.4 Å². The van der Waals surface area contributed by atoms with Crippen molar-refractivity contribution in [3.8, 4) is 0 Å². The number of thioether (sulfide) groups is 1. The van der Waals surface area contributed by atoms with Crippen molar-refractivity contribution in [1.82, 2.24) is 9.55 Å². The summed E-state index contributed by atoms with van der Waals surface area (Å²) < 4.78 is 2.21. The molecule has 0 saturated carbocycles. The van der Waals surface area contributed by atoms with E-state index in [1.165, 1.54) is 11.1 Å². The number of aryl methyl sites for hydroxylation is 1. The highest BCUT2D eigenvalue weighted by Crippen LogP contribution is 2.22. The minimum Gasteiger partial charge on any atom is -0.323 e. The lowest BCUT2D eigenvalue weighted by Crippen LogP contribution is -2.08. The molecule has 3 aromatic rings. The number of hydrogen-bond donors (Lipinski definition) is 0. The molecule has 4 heteroatoms. The maximum absolute atomic E-state index is 12.3. The van der Waals surface area contributed by atoms with Crippen molar-refractivity contribution in [2.75, 3.05) is 5.75 Å². The highest BCUT2D eigenvalue weighted by Gasteiger charge is 2.12. The Morgan fingerprint density at radius 3 is 2.46 bits per heavy atom. The van der Waals surface area contributed by atoms with Gasteiger partial charge in [0.15, 0.2) is 0 Å². The minimum absolute atomic E-state index is 0.243. The number of carbonyl (C=O) groups excluding carboxylic acids is 1. The lowest BCUT2D eigenvalue weighted by Gasteiger charge is -2.09. The molecule has 3 nitrogen and oxygen atoms in total. The van der Waals surface area contributed by atoms with Crippen molar-refractivity contribution in [3.05, 3.63) is 83.3 Å². The standard InChI is InChI=1S/C22H24N2OS/c1-3-24-21(14-18-7-5-4-6-8-18)23-15-22(24)26-16-20(25)13-19-11-9-17(2)10-12-19/h4-12,15H,3,13-14,16H2,1-2H3. The normalized spacial score (nSPS) is 10.8. The number of aromatic nitrogens is 2. The van der Waals surface area contributed by atoms with Gasteiger partial charge in [0, 0.05) is 19.4 Å². The summed E-state index contributed by atoms with van der Waals surface area (Å²) in [5.41, 5.74) is 3.54. The minimum atomic E-state index is 0.243. The van der Waals surface area contributed by atoms with E-state index in [2.05, 4.69) is 47.7 Å².